The van der Waals surface area contributed by atoms with Crippen LogP contribution in [0.1, 0.15) is 53.9 Å². The van der Waals surface area contributed by atoms with Gasteiger partial charge in [0.15, 0.2) is 0 Å². The Bertz CT molecular complexity index is 1090. The Morgan fingerprint density at radius 1 is 1.10 bits per heavy atom. The SMILES string of the molecule is Cc1nn(-c2ccccc2)c2sc(C(=O)NC3CCN(C4CCC(=O)CC4)CC3)cc12. The Balaban J connectivity index is 1.24. The van der Waals surface area contributed by atoms with E-state index in [1.165, 1.54) is 11.3 Å². The third-order valence-corrected chi connectivity index (χ3v) is 7.77. The molecular formula is C24H28N4O2S. The Morgan fingerprint density at radius 2 is 1.81 bits per heavy atom. The summed E-state index contributed by atoms with van der Waals surface area (Å²) in [6.45, 7) is 3.99. The smallest absolute Gasteiger partial charge is 0.261 e. The molecule has 1 aliphatic carbocycles. The molecule has 162 valence electrons. The maximum atomic E-state index is 13.0. The monoisotopic (exact) mass is 436 g/mol. The third-order valence-electron chi connectivity index (χ3n) is 6.66. The van der Waals surface area contributed by atoms with Crippen LogP contribution in [0.2, 0.25) is 0 Å². The van der Waals surface area contributed by atoms with Crippen molar-refractivity contribution in [1.29, 1.82) is 0 Å². The van der Waals surface area contributed by atoms with Gasteiger partial charge in [-0.1, -0.05) is 18.2 Å². The molecule has 1 aromatic carbocycles. The number of rotatable bonds is 4. The number of thiophene rings is 1. The van der Waals surface area contributed by atoms with Crippen LogP contribution < -0.4 is 5.32 Å². The fraction of sp³-hybridized carbons (Fsp3) is 0.458. The number of carbonyl (C=O) groups is 2. The van der Waals surface area contributed by atoms with E-state index in [1.807, 2.05) is 48.0 Å². The van der Waals surface area contributed by atoms with Gasteiger partial charge in [0, 0.05) is 43.4 Å². The van der Waals surface area contributed by atoms with Crippen LogP contribution in [-0.2, 0) is 4.79 Å². The molecule has 7 heteroatoms. The van der Waals surface area contributed by atoms with Crippen LogP contribution in [0.4, 0.5) is 0 Å². The maximum absolute atomic E-state index is 13.0. The first-order valence-corrected chi connectivity index (χ1v) is 12.0. The number of aromatic nitrogens is 2. The van der Waals surface area contributed by atoms with Crippen LogP contribution >= 0.6 is 11.3 Å². The minimum absolute atomic E-state index is 0.0157. The number of para-hydroxylation sites is 1. The number of piperidine rings is 1. The highest BCUT2D eigenvalue weighted by atomic mass is 32.1. The topological polar surface area (TPSA) is 67.2 Å². The van der Waals surface area contributed by atoms with E-state index in [9.17, 15) is 9.59 Å². The lowest BCUT2D eigenvalue weighted by Gasteiger charge is -2.39. The van der Waals surface area contributed by atoms with Crippen molar-refractivity contribution in [2.75, 3.05) is 13.1 Å². The van der Waals surface area contributed by atoms with Crippen LogP contribution in [0, 0.1) is 6.92 Å². The average molecular weight is 437 g/mol. The first kappa shape index (κ1) is 20.4. The van der Waals surface area contributed by atoms with E-state index in [1.54, 1.807) is 0 Å². The number of aryl methyl sites for hydroxylation is 1. The van der Waals surface area contributed by atoms with Gasteiger partial charge in [0.05, 0.1) is 16.3 Å². The molecule has 2 aromatic heterocycles. The van der Waals surface area contributed by atoms with Gasteiger partial charge in [0.1, 0.15) is 10.6 Å². The van der Waals surface area contributed by atoms with Gasteiger partial charge < -0.3 is 10.2 Å². The van der Waals surface area contributed by atoms with E-state index in [-0.39, 0.29) is 11.9 Å². The lowest BCUT2D eigenvalue weighted by molar-refractivity contribution is -0.121. The number of carbonyl (C=O) groups excluding carboxylic acids is 2. The summed E-state index contributed by atoms with van der Waals surface area (Å²) in [6.07, 6.45) is 5.39. The highest BCUT2D eigenvalue weighted by Crippen LogP contribution is 2.31. The molecule has 3 heterocycles. The van der Waals surface area contributed by atoms with Gasteiger partial charge in [-0.2, -0.15) is 5.10 Å². The number of likely N-dealkylation sites (tertiary alicyclic amines) is 1. The molecule has 2 fully saturated rings. The minimum Gasteiger partial charge on any atom is -0.349 e. The van der Waals surface area contributed by atoms with Crippen molar-refractivity contribution >= 4 is 33.2 Å². The molecule has 3 aromatic rings. The van der Waals surface area contributed by atoms with Gasteiger partial charge >= 0.3 is 0 Å². The molecule has 0 radical (unpaired) electrons. The summed E-state index contributed by atoms with van der Waals surface area (Å²) >= 11 is 1.51. The summed E-state index contributed by atoms with van der Waals surface area (Å²) in [4.78, 5) is 28.7. The lowest BCUT2D eigenvalue weighted by Crippen LogP contribution is -2.48. The van der Waals surface area contributed by atoms with Crippen molar-refractivity contribution < 1.29 is 9.59 Å². The van der Waals surface area contributed by atoms with Gasteiger partial charge in [0.2, 0.25) is 0 Å². The molecule has 6 nitrogen and oxygen atoms in total. The van der Waals surface area contributed by atoms with E-state index in [2.05, 4.69) is 15.3 Å². The number of amides is 1. The second-order valence-electron chi connectivity index (χ2n) is 8.72. The molecule has 1 amide bonds. The molecule has 2 aliphatic rings. The summed E-state index contributed by atoms with van der Waals surface area (Å²) in [6, 6.07) is 12.8. The number of fused-ring (bicyclic) bond motifs is 1. The zero-order valence-corrected chi connectivity index (χ0v) is 18.7. The molecule has 1 aliphatic heterocycles. The van der Waals surface area contributed by atoms with Gasteiger partial charge in [0.25, 0.3) is 5.91 Å². The zero-order chi connectivity index (χ0) is 21.4. The minimum atomic E-state index is 0.0157. The molecular weight excluding hydrogens is 408 g/mol. The van der Waals surface area contributed by atoms with Crippen molar-refractivity contribution in [2.24, 2.45) is 0 Å². The van der Waals surface area contributed by atoms with Crippen LogP contribution in [0.25, 0.3) is 15.9 Å². The summed E-state index contributed by atoms with van der Waals surface area (Å²) in [7, 11) is 0. The summed E-state index contributed by atoms with van der Waals surface area (Å²) in [5.74, 6) is 0.425. The van der Waals surface area contributed by atoms with Crippen molar-refractivity contribution in [2.45, 2.75) is 57.5 Å². The molecule has 0 unspecified atom stereocenters. The lowest BCUT2D eigenvalue weighted by atomic mass is 9.91. The molecule has 31 heavy (non-hydrogen) atoms. The number of ketones is 1. The molecule has 0 bridgehead atoms. The van der Waals surface area contributed by atoms with E-state index in [4.69, 9.17) is 0 Å². The predicted molar refractivity (Wildman–Crippen MR) is 123 cm³/mol. The van der Waals surface area contributed by atoms with Crippen molar-refractivity contribution in [3.8, 4) is 5.69 Å². The Morgan fingerprint density at radius 3 is 2.52 bits per heavy atom. The fourth-order valence-corrected chi connectivity index (χ4v) is 5.94. The largest absolute Gasteiger partial charge is 0.349 e. The Labute approximate surface area is 186 Å². The maximum Gasteiger partial charge on any atom is 0.261 e. The highest BCUT2D eigenvalue weighted by Gasteiger charge is 2.29. The van der Waals surface area contributed by atoms with E-state index in [0.29, 0.717) is 11.8 Å². The van der Waals surface area contributed by atoms with Crippen LogP contribution in [0.5, 0.6) is 0 Å². The van der Waals surface area contributed by atoms with Gasteiger partial charge in [-0.15, -0.1) is 11.3 Å². The van der Waals surface area contributed by atoms with Crippen LogP contribution in [0.15, 0.2) is 36.4 Å². The second kappa shape index (κ2) is 8.55. The first-order valence-electron chi connectivity index (χ1n) is 11.2. The number of nitrogens with one attached hydrogen (secondary N) is 1. The summed E-state index contributed by atoms with van der Waals surface area (Å²) in [5, 5.41) is 8.96. The molecule has 5 rings (SSSR count). The van der Waals surface area contributed by atoms with Crippen molar-refractivity contribution in [3.63, 3.8) is 0 Å². The number of Topliss-reactive ketones (excluding diaryl/α,β-unsaturated/α-hetero) is 1. The zero-order valence-electron chi connectivity index (χ0n) is 17.8. The molecule has 1 saturated heterocycles. The van der Waals surface area contributed by atoms with Gasteiger partial charge in [-0.3, -0.25) is 9.59 Å². The fourth-order valence-electron chi connectivity index (χ4n) is 4.86. The Kier molecular flexibility index (Phi) is 5.63. The van der Waals surface area contributed by atoms with Crippen LogP contribution in [0.3, 0.4) is 0 Å². The van der Waals surface area contributed by atoms with Gasteiger partial charge in [-0.05, 0) is 50.8 Å². The number of hydrogen-bond donors (Lipinski definition) is 1. The molecule has 1 saturated carbocycles. The number of nitrogens with zero attached hydrogens (tertiary/aromatic N) is 3. The van der Waals surface area contributed by atoms with E-state index >= 15 is 0 Å². The van der Waals surface area contributed by atoms with Crippen molar-refractivity contribution in [1.82, 2.24) is 20.0 Å². The van der Waals surface area contributed by atoms with Gasteiger partial charge in [-0.25, -0.2) is 4.68 Å². The third kappa shape index (κ3) is 4.16. The number of hydrogen-bond acceptors (Lipinski definition) is 5. The number of benzene rings is 1. The predicted octanol–water partition coefficient (Wildman–Crippen LogP) is 4.10. The van der Waals surface area contributed by atoms with E-state index in [0.717, 1.165) is 78.1 Å². The molecule has 1 N–H and O–H groups in total. The summed E-state index contributed by atoms with van der Waals surface area (Å²) < 4.78 is 1.93. The van der Waals surface area contributed by atoms with E-state index < -0.39 is 0 Å². The van der Waals surface area contributed by atoms with Crippen molar-refractivity contribution in [3.05, 3.63) is 47.0 Å². The standard InChI is InChI=1S/C24H28N4O2S/c1-16-21-15-22(31-24(21)28(26-16)19-5-3-2-4-6-19)23(30)25-17-11-13-27(14-12-17)18-7-9-20(29)10-8-18/h2-6,15,17-18H,7-14H2,1H3,(H,25,30). The molecule has 0 atom stereocenters. The molecule has 0 spiro atoms. The second-order valence-corrected chi connectivity index (χ2v) is 9.75. The first-order chi connectivity index (χ1) is 15.1. The Hall–Kier alpha value is -2.51. The highest BCUT2D eigenvalue weighted by molar-refractivity contribution is 7.20. The van der Waals surface area contributed by atoms with Crippen LogP contribution in [-0.4, -0.2) is 51.5 Å². The summed E-state index contributed by atoms with van der Waals surface area (Å²) in [5.41, 5.74) is 1.94. The average Bonchev–Trinajstić information content (AvgIpc) is 3.36. The normalized spacial score (nSPS) is 19.2. The quantitative estimate of drug-likeness (QED) is 0.669.